The second-order valence-electron chi connectivity index (χ2n) is 5.92. The van der Waals surface area contributed by atoms with Gasteiger partial charge in [0.2, 0.25) is 0 Å². The first-order valence-corrected chi connectivity index (χ1v) is 7.34. The number of rotatable bonds is 7. The fourth-order valence-corrected chi connectivity index (χ4v) is 2.80. The number of imidazole rings is 1. The number of para-hydroxylation sites is 2. The highest BCUT2D eigenvalue weighted by Crippen LogP contribution is 2.48. The van der Waals surface area contributed by atoms with E-state index in [1.54, 1.807) is 7.11 Å². The SMILES string of the molecule is COCCC1(CNCc2nc3ccccc3n2C)CC1. The van der Waals surface area contributed by atoms with Gasteiger partial charge in [-0.05, 0) is 36.8 Å². The lowest BCUT2D eigenvalue weighted by atomic mass is 10.0. The molecule has 4 nitrogen and oxygen atoms in total. The Kier molecular flexibility index (Phi) is 3.76. The lowest BCUT2D eigenvalue weighted by Gasteiger charge is -2.15. The maximum absolute atomic E-state index is 5.20. The van der Waals surface area contributed by atoms with Gasteiger partial charge in [-0.2, -0.15) is 0 Å². The van der Waals surface area contributed by atoms with E-state index in [0.717, 1.165) is 31.0 Å². The molecule has 1 aliphatic rings. The molecule has 1 heterocycles. The van der Waals surface area contributed by atoms with Crippen LogP contribution in [-0.4, -0.2) is 29.8 Å². The van der Waals surface area contributed by atoms with Crippen molar-refractivity contribution in [2.24, 2.45) is 12.5 Å². The number of nitrogens with one attached hydrogen (secondary N) is 1. The van der Waals surface area contributed by atoms with Crippen molar-refractivity contribution < 1.29 is 4.74 Å². The summed E-state index contributed by atoms with van der Waals surface area (Å²) < 4.78 is 7.37. The maximum Gasteiger partial charge on any atom is 0.123 e. The summed E-state index contributed by atoms with van der Waals surface area (Å²) in [5.74, 6) is 1.11. The van der Waals surface area contributed by atoms with Crippen molar-refractivity contribution in [3.63, 3.8) is 0 Å². The zero-order valence-corrected chi connectivity index (χ0v) is 12.4. The van der Waals surface area contributed by atoms with Gasteiger partial charge in [0.25, 0.3) is 0 Å². The van der Waals surface area contributed by atoms with Crippen LogP contribution in [-0.2, 0) is 18.3 Å². The van der Waals surface area contributed by atoms with E-state index in [9.17, 15) is 0 Å². The van der Waals surface area contributed by atoms with Gasteiger partial charge in [-0.25, -0.2) is 4.98 Å². The Bertz CT molecular complexity index is 586. The monoisotopic (exact) mass is 273 g/mol. The second-order valence-corrected chi connectivity index (χ2v) is 5.92. The number of methoxy groups -OCH3 is 1. The molecule has 0 spiro atoms. The average Bonchev–Trinajstić information content (AvgIpc) is 3.17. The smallest absolute Gasteiger partial charge is 0.123 e. The van der Waals surface area contributed by atoms with Crippen LogP contribution in [0.15, 0.2) is 24.3 Å². The highest BCUT2D eigenvalue weighted by molar-refractivity contribution is 5.75. The van der Waals surface area contributed by atoms with Crippen LogP contribution < -0.4 is 5.32 Å². The average molecular weight is 273 g/mol. The number of ether oxygens (including phenoxy) is 1. The highest BCUT2D eigenvalue weighted by Gasteiger charge is 2.41. The van der Waals surface area contributed by atoms with Gasteiger partial charge in [-0.15, -0.1) is 0 Å². The molecule has 0 amide bonds. The minimum absolute atomic E-state index is 0.487. The molecule has 4 heteroatoms. The van der Waals surface area contributed by atoms with Crippen molar-refractivity contribution in [2.45, 2.75) is 25.8 Å². The predicted octanol–water partition coefficient (Wildman–Crippen LogP) is 2.48. The van der Waals surface area contributed by atoms with E-state index < -0.39 is 0 Å². The molecule has 0 unspecified atom stereocenters. The van der Waals surface area contributed by atoms with Crippen molar-refractivity contribution >= 4 is 11.0 Å². The molecule has 20 heavy (non-hydrogen) atoms. The largest absolute Gasteiger partial charge is 0.385 e. The number of hydrogen-bond acceptors (Lipinski definition) is 3. The number of aryl methyl sites for hydroxylation is 1. The summed E-state index contributed by atoms with van der Waals surface area (Å²) in [7, 11) is 3.87. The normalized spacial score (nSPS) is 16.7. The van der Waals surface area contributed by atoms with Gasteiger partial charge in [0.15, 0.2) is 0 Å². The van der Waals surface area contributed by atoms with E-state index in [4.69, 9.17) is 9.72 Å². The summed E-state index contributed by atoms with van der Waals surface area (Å²) in [6, 6.07) is 8.29. The van der Waals surface area contributed by atoms with Crippen LogP contribution in [0.3, 0.4) is 0 Å². The molecule has 0 saturated heterocycles. The van der Waals surface area contributed by atoms with Crippen LogP contribution in [0.5, 0.6) is 0 Å². The standard InChI is InChI=1S/C16H23N3O/c1-19-14-6-4-3-5-13(14)18-15(19)11-17-12-16(7-8-16)9-10-20-2/h3-6,17H,7-12H2,1-2H3. The molecule has 1 aromatic carbocycles. The third-order valence-corrected chi connectivity index (χ3v) is 4.46. The molecular formula is C16H23N3O. The van der Waals surface area contributed by atoms with Crippen molar-refractivity contribution in [2.75, 3.05) is 20.3 Å². The van der Waals surface area contributed by atoms with Gasteiger partial charge in [0.1, 0.15) is 5.82 Å². The van der Waals surface area contributed by atoms with Gasteiger partial charge in [-0.3, -0.25) is 0 Å². The molecule has 1 fully saturated rings. The number of fused-ring (bicyclic) bond motifs is 1. The molecule has 1 saturated carbocycles. The third-order valence-electron chi connectivity index (χ3n) is 4.46. The van der Waals surface area contributed by atoms with Gasteiger partial charge in [0.05, 0.1) is 17.6 Å². The Hall–Kier alpha value is -1.39. The van der Waals surface area contributed by atoms with Crippen LogP contribution in [0.4, 0.5) is 0 Å². The fourth-order valence-electron chi connectivity index (χ4n) is 2.80. The van der Waals surface area contributed by atoms with E-state index in [1.807, 2.05) is 6.07 Å². The summed E-state index contributed by atoms with van der Waals surface area (Å²) in [6.45, 7) is 2.77. The second kappa shape index (κ2) is 5.54. The Morgan fingerprint density at radius 3 is 2.85 bits per heavy atom. The fraction of sp³-hybridized carbons (Fsp3) is 0.562. The molecule has 0 aliphatic heterocycles. The molecule has 3 rings (SSSR count). The number of aromatic nitrogens is 2. The number of nitrogens with zero attached hydrogens (tertiary/aromatic N) is 2. The molecule has 108 valence electrons. The molecule has 2 aromatic rings. The molecule has 0 radical (unpaired) electrons. The summed E-state index contributed by atoms with van der Waals surface area (Å²) in [6.07, 6.45) is 3.82. The Morgan fingerprint density at radius 1 is 1.35 bits per heavy atom. The van der Waals surface area contributed by atoms with Gasteiger partial charge in [-0.1, -0.05) is 12.1 Å². The van der Waals surface area contributed by atoms with E-state index in [1.165, 1.54) is 24.8 Å². The summed E-state index contributed by atoms with van der Waals surface area (Å²) in [5.41, 5.74) is 2.76. The lowest BCUT2D eigenvalue weighted by molar-refractivity contribution is 0.171. The molecule has 1 aliphatic carbocycles. The minimum atomic E-state index is 0.487. The third kappa shape index (κ3) is 2.72. The summed E-state index contributed by atoms with van der Waals surface area (Å²) in [5, 5.41) is 3.58. The first-order valence-electron chi connectivity index (χ1n) is 7.34. The first kappa shape index (κ1) is 13.6. The number of benzene rings is 1. The zero-order chi connectivity index (χ0) is 14.0. The molecule has 1 N–H and O–H groups in total. The highest BCUT2D eigenvalue weighted by atomic mass is 16.5. The molecular weight excluding hydrogens is 250 g/mol. The van der Waals surface area contributed by atoms with E-state index in [2.05, 4.69) is 35.1 Å². The maximum atomic E-state index is 5.20. The van der Waals surface area contributed by atoms with E-state index >= 15 is 0 Å². The molecule has 1 aromatic heterocycles. The van der Waals surface area contributed by atoms with Crippen LogP contribution >= 0.6 is 0 Å². The van der Waals surface area contributed by atoms with Crippen molar-refractivity contribution in [1.29, 1.82) is 0 Å². The van der Waals surface area contributed by atoms with Crippen molar-refractivity contribution in [3.05, 3.63) is 30.1 Å². The minimum Gasteiger partial charge on any atom is -0.385 e. The quantitative estimate of drug-likeness (QED) is 0.842. The van der Waals surface area contributed by atoms with Crippen molar-refractivity contribution in [3.8, 4) is 0 Å². The van der Waals surface area contributed by atoms with Crippen LogP contribution in [0.2, 0.25) is 0 Å². The Morgan fingerprint density at radius 2 is 2.15 bits per heavy atom. The van der Waals surface area contributed by atoms with Crippen LogP contribution in [0.25, 0.3) is 11.0 Å². The van der Waals surface area contributed by atoms with E-state index in [-0.39, 0.29) is 0 Å². The zero-order valence-electron chi connectivity index (χ0n) is 12.4. The van der Waals surface area contributed by atoms with Gasteiger partial charge in [0, 0.05) is 27.3 Å². The first-order chi connectivity index (χ1) is 9.74. The van der Waals surface area contributed by atoms with Crippen molar-refractivity contribution in [1.82, 2.24) is 14.9 Å². The Labute approximate surface area is 120 Å². The van der Waals surface area contributed by atoms with Crippen LogP contribution in [0, 0.1) is 5.41 Å². The van der Waals surface area contributed by atoms with Gasteiger partial charge < -0.3 is 14.6 Å². The molecule has 0 atom stereocenters. The Balaban J connectivity index is 1.59. The lowest BCUT2D eigenvalue weighted by Crippen LogP contribution is -2.25. The van der Waals surface area contributed by atoms with E-state index in [0.29, 0.717) is 5.41 Å². The molecule has 0 bridgehead atoms. The topological polar surface area (TPSA) is 39.1 Å². The van der Waals surface area contributed by atoms with Crippen LogP contribution in [0.1, 0.15) is 25.1 Å². The summed E-state index contributed by atoms with van der Waals surface area (Å²) >= 11 is 0. The predicted molar refractivity (Wildman–Crippen MR) is 80.6 cm³/mol. The summed E-state index contributed by atoms with van der Waals surface area (Å²) in [4.78, 5) is 4.69. The number of hydrogen-bond donors (Lipinski definition) is 1. The van der Waals surface area contributed by atoms with Gasteiger partial charge >= 0.3 is 0 Å².